The van der Waals surface area contributed by atoms with Crippen LogP contribution in [0.15, 0.2) is 18.2 Å². The molecule has 2 N–H and O–H groups in total. The maximum absolute atomic E-state index is 11.9. The van der Waals surface area contributed by atoms with E-state index in [1.54, 1.807) is 25.1 Å². The van der Waals surface area contributed by atoms with Gasteiger partial charge in [-0.15, -0.1) is 23.2 Å². The topological polar surface area (TPSA) is 67.4 Å². The molecule has 0 saturated heterocycles. The lowest BCUT2D eigenvalue weighted by molar-refractivity contribution is -0.122. The van der Waals surface area contributed by atoms with Crippen molar-refractivity contribution in [1.29, 1.82) is 0 Å². The van der Waals surface area contributed by atoms with Gasteiger partial charge in [0.2, 0.25) is 5.91 Å². The standard InChI is InChI=1S/C13H12Cl2N2O3/c1-6-11(18)17-9-4-7(2-3-10(9)20-6)16-12(19)8-5-13(8,14)15/h2-4,6,8H,5H2,1H3,(H,16,19)(H,17,18)/t6-,8-/m0/s1. The average Bonchev–Trinajstić information content (AvgIpc) is 3.00. The molecule has 5 nitrogen and oxygen atoms in total. The highest BCUT2D eigenvalue weighted by Crippen LogP contribution is 2.53. The molecule has 0 spiro atoms. The molecule has 1 fully saturated rings. The van der Waals surface area contributed by atoms with Gasteiger partial charge in [-0.05, 0) is 31.5 Å². The molecule has 1 aromatic carbocycles. The maximum atomic E-state index is 11.9. The first-order chi connectivity index (χ1) is 9.37. The fourth-order valence-electron chi connectivity index (χ4n) is 2.01. The van der Waals surface area contributed by atoms with Crippen molar-refractivity contribution in [3.63, 3.8) is 0 Å². The Labute approximate surface area is 125 Å². The van der Waals surface area contributed by atoms with E-state index in [1.807, 2.05) is 0 Å². The molecule has 1 aliphatic heterocycles. The number of fused-ring (bicyclic) bond motifs is 1. The normalized spacial score (nSPS) is 26.1. The number of hydrogen-bond acceptors (Lipinski definition) is 3. The quantitative estimate of drug-likeness (QED) is 0.824. The Hall–Kier alpha value is -1.46. The van der Waals surface area contributed by atoms with E-state index in [-0.39, 0.29) is 11.8 Å². The first kappa shape index (κ1) is 13.5. The third kappa shape index (κ3) is 2.43. The predicted octanol–water partition coefficient (Wildman–Crippen LogP) is 2.54. The summed E-state index contributed by atoms with van der Waals surface area (Å²) < 4.78 is 4.48. The molecule has 1 aliphatic carbocycles. The van der Waals surface area contributed by atoms with Crippen LogP contribution in [0.4, 0.5) is 11.4 Å². The fraction of sp³-hybridized carbons (Fsp3) is 0.385. The minimum absolute atomic E-state index is 0.219. The van der Waals surface area contributed by atoms with Crippen molar-refractivity contribution in [3.05, 3.63) is 18.2 Å². The molecule has 20 heavy (non-hydrogen) atoms. The van der Waals surface area contributed by atoms with Gasteiger partial charge in [-0.1, -0.05) is 0 Å². The molecule has 7 heteroatoms. The summed E-state index contributed by atoms with van der Waals surface area (Å²) in [6.07, 6.45) is -0.0768. The summed E-state index contributed by atoms with van der Waals surface area (Å²) in [5.41, 5.74) is 1.09. The Morgan fingerprint density at radius 3 is 2.85 bits per heavy atom. The lowest BCUT2D eigenvalue weighted by atomic mass is 10.2. The summed E-state index contributed by atoms with van der Waals surface area (Å²) in [5.74, 6) is -0.270. The molecule has 2 atom stereocenters. The Bertz CT molecular complexity index is 603. The number of hydrogen-bond donors (Lipinski definition) is 2. The van der Waals surface area contributed by atoms with Crippen molar-refractivity contribution >= 4 is 46.4 Å². The minimum atomic E-state index is -0.953. The van der Waals surface area contributed by atoms with Gasteiger partial charge in [-0.3, -0.25) is 9.59 Å². The lowest BCUT2D eigenvalue weighted by Crippen LogP contribution is -2.34. The number of benzene rings is 1. The summed E-state index contributed by atoms with van der Waals surface area (Å²) in [4.78, 5) is 23.4. The highest BCUT2D eigenvalue weighted by Gasteiger charge is 2.56. The highest BCUT2D eigenvalue weighted by molar-refractivity contribution is 6.52. The summed E-state index contributed by atoms with van der Waals surface area (Å²) in [5, 5.41) is 5.44. The number of carbonyl (C=O) groups excluding carboxylic acids is 2. The van der Waals surface area contributed by atoms with Crippen LogP contribution >= 0.6 is 23.2 Å². The molecule has 0 radical (unpaired) electrons. The van der Waals surface area contributed by atoms with E-state index in [1.165, 1.54) is 0 Å². The predicted molar refractivity (Wildman–Crippen MR) is 76.3 cm³/mol. The molecular formula is C13H12Cl2N2O3. The second-order valence-electron chi connectivity index (χ2n) is 4.97. The second kappa shape index (κ2) is 4.53. The fourth-order valence-corrected chi connectivity index (χ4v) is 2.52. The van der Waals surface area contributed by atoms with Crippen molar-refractivity contribution in [1.82, 2.24) is 0 Å². The Morgan fingerprint density at radius 1 is 1.50 bits per heavy atom. The number of carbonyl (C=O) groups is 2. The SMILES string of the molecule is C[C@@H]1Oc2ccc(NC(=O)[C@@H]3CC3(Cl)Cl)cc2NC1=O. The molecule has 0 aromatic heterocycles. The van der Waals surface area contributed by atoms with E-state index < -0.39 is 16.4 Å². The number of nitrogens with one attached hydrogen (secondary N) is 2. The molecule has 2 aliphatic rings. The summed E-state index contributed by atoms with van der Waals surface area (Å²) in [6.45, 7) is 1.67. The molecule has 1 aromatic rings. The molecule has 1 heterocycles. The number of amides is 2. The number of rotatable bonds is 2. The number of anilines is 2. The Morgan fingerprint density at radius 2 is 2.20 bits per heavy atom. The smallest absolute Gasteiger partial charge is 0.265 e. The molecule has 0 unspecified atom stereocenters. The second-order valence-corrected chi connectivity index (χ2v) is 6.51. The molecule has 106 valence electrons. The third-order valence-corrected chi connectivity index (χ3v) is 4.16. The molecule has 2 amide bonds. The minimum Gasteiger partial charge on any atom is -0.479 e. The number of alkyl halides is 2. The van der Waals surface area contributed by atoms with Crippen LogP contribution in [0, 0.1) is 5.92 Å². The lowest BCUT2D eigenvalue weighted by Gasteiger charge is -2.23. The van der Waals surface area contributed by atoms with Gasteiger partial charge in [0.25, 0.3) is 5.91 Å². The van der Waals surface area contributed by atoms with Crippen LogP contribution in [0.3, 0.4) is 0 Å². The van der Waals surface area contributed by atoms with Crippen molar-refractivity contribution in [3.8, 4) is 5.75 Å². The Kier molecular flexibility index (Phi) is 3.06. The van der Waals surface area contributed by atoms with Gasteiger partial charge in [-0.2, -0.15) is 0 Å². The largest absolute Gasteiger partial charge is 0.479 e. The van der Waals surface area contributed by atoms with E-state index in [9.17, 15) is 9.59 Å². The van der Waals surface area contributed by atoms with Gasteiger partial charge in [-0.25, -0.2) is 0 Å². The van der Waals surface area contributed by atoms with Crippen molar-refractivity contribution in [2.24, 2.45) is 5.92 Å². The Balaban J connectivity index is 1.75. The molecule has 1 saturated carbocycles. The van der Waals surface area contributed by atoms with Crippen LogP contribution in [0.5, 0.6) is 5.75 Å². The highest BCUT2D eigenvalue weighted by atomic mass is 35.5. The first-order valence-electron chi connectivity index (χ1n) is 6.17. The van der Waals surface area contributed by atoms with Crippen LogP contribution < -0.4 is 15.4 Å². The van der Waals surface area contributed by atoms with Crippen LogP contribution in [-0.4, -0.2) is 22.3 Å². The maximum Gasteiger partial charge on any atom is 0.265 e. The van der Waals surface area contributed by atoms with Gasteiger partial charge in [0.1, 0.15) is 10.1 Å². The van der Waals surface area contributed by atoms with Crippen LogP contribution in [0.2, 0.25) is 0 Å². The van der Waals surface area contributed by atoms with Gasteiger partial charge in [0.15, 0.2) is 6.10 Å². The van der Waals surface area contributed by atoms with Gasteiger partial charge in [0, 0.05) is 5.69 Å². The van der Waals surface area contributed by atoms with Gasteiger partial charge in [0.05, 0.1) is 11.6 Å². The van der Waals surface area contributed by atoms with E-state index in [4.69, 9.17) is 27.9 Å². The monoisotopic (exact) mass is 314 g/mol. The zero-order valence-electron chi connectivity index (χ0n) is 10.6. The number of halogens is 2. The van der Waals surface area contributed by atoms with Crippen LogP contribution in [0.1, 0.15) is 13.3 Å². The summed E-state index contributed by atoms with van der Waals surface area (Å²) in [6, 6.07) is 5.04. The average molecular weight is 315 g/mol. The molecular weight excluding hydrogens is 303 g/mol. The van der Waals surface area contributed by atoms with Gasteiger partial charge < -0.3 is 15.4 Å². The number of ether oxygens (including phenoxy) is 1. The van der Waals surface area contributed by atoms with E-state index in [0.29, 0.717) is 23.5 Å². The molecule has 3 rings (SSSR count). The third-order valence-electron chi connectivity index (χ3n) is 3.32. The van der Waals surface area contributed by atoms with Crippen LogP contribution in [0.25, 0.3) is 0 Å². The van der Waals surface area contributed by atoms with Gasteiger partial charge >= 0.3 is 0 Å². The summed E-state index contributed by atoms with van der Waals surface area (Å²) >= 11 is 11.7. The first-order valence-corrected chi connectivity index (χ1v) is 6.93. The summed E-state index contributed by atoms with van der Waals surface area (Å²) in [7, 11) is 0. The van der Waals surface area contributed by atoms with Crippen molar-refractivity contribution in [2.75, 3.05) is 10.6 Å². The van der Waals surface area contributed by atoms with Crippen molar-refractivity contribution < 1.29 is 14.3 Å². The zero-order chi connectivity index (χ0) is 14.5. The molecule has 0 bridgehead atoms. The van der Waals surface area contributed by atoms with Crippen LogP contribution in [-0.2, 0) is 9.59 Å². The van der Waals surface area contributed by atoms with Crippen molar-refractivity contribution in [2.45, 2.75) is 23.8 Å². The zero-order valence-corrected chi connectivity index (χ0v) is 12.1. The van der Waals surface area contributed by atoms with E-state index in [0.717, 1.165) is 0 Å². The van der Waals surface area contributed by atoms with E-state index >= 15 is 0 Å². The van der Waals surface area contributed by atoms with E-state index in [2.05, 4.69) is 10.6 Å².